The zero-order chi connectivity index (χ0) is 12.4. The number of aromatic nitrogens is 1. The van der Waals surface area contributed by atoms with Crippen LogP contribution in [-0.2, 0) is 0 Å². The maximum atomic E-state index is 12.7. The number of aromatic carboxylic acids is 1. The average Bonchev–Trinajstić information content (AvgIpc) is 2.29. The van der Waals surface area contributed by atoms with Crippen LogP contribution in [0.5, 0.6) is 0 Å². The van der Waals surface area contributed by atoms with E-state index < -0.39 is 5.97 Å². The van der Waals surface area contributed by atoms with Gasteiger partial charge in [0.05, 0.1) is 5.69 Å². The van der Waals surface area contributed by atoms with E-state index in [1.165, 1.54) is 24.3 Å². The zero-order valence-corrected chi connectivity index (χ0v) is 8.72. The predicted octanol–water partition coefficient (Wildman–Crippen LogP) is 2.17. The van der Waals surface area contributed by atoms with Gasteiger partial charge in [-0.2, -0.15) is 0 Å². The van der Waals surface area contributed by atoms with E-state index in [1.807, 2.05) is 0 Å². The molecule has 2 rings (SSSR count). The Hall–Kier alpha value is -2.43. The highest BCUT2D eigenvalue weighted by atomic mass is 19.1. The number of hydrogen-bond acceptors (Lipinski definition) is 3. The van der Waals surface area contributed by atoms with Crippen molar-refractivity contribution < 1.29 is 14.3 Å². The fourth-order valence-corrected chi connectivity index (χ4v) is 1.44. The molecule has 0 aliphatic heterocycles. The molecule has 5 heteroatoms. The number of nitrogens with zero attached hydrogens (tertiary/aromatic N) is 1. The SMILES string of the molecule is Nc1nc(-c2ccc(F)cc2)ccc1C(=O)O. The second-order valence-corrected chi connectivity index (χ2v) is 3.44. The Morgan fingerprint density at radius 1 is 1.18 bits per heavy atom. The van der Waals surface area contributed by atoms with Crippen molar-refractivity contribution in [3.05, 3.63) is 47.8 Å². The summed E-state index contributed by atoms with van der Waals surface area (Å²) in [7, 11) is 0. The summed E-state index contributed by atoms with van der Waals surface area (Å²) in [6.45, 7) is 0. The van der Waals surface area contributed by atoms with Gasteiger partial charge in [0.2, 0.25) is 0 Å². The smallest absolute Gasteiger partial charge is 0.339 e. The molecule has 0 unspecified atom stereocenters. The Balaban J connectivity index is 2.44. The van der Waals surface area contributed by atoms with Crippen LogP contribution in [0, 0.1) is 5.82 Å². The summed E-state index contributed by atoms with van der Waals surface area (Å²) >= 11 is 0. The van der Waals surface area contributed by atoms with Crippen LogP contribution in [0.2, 0.25) is 0 Å². The van der Waals surface area contributed by atoms with Crippen LogP contribution >= 0.6 is 0 Å². The maximum Gasteiger partial charge on any atom is 0.339 e. The molecular formula is C12H9FN2O2. The third kappa shape index (κ3) is 2.23. The average molecular weight is 232 g/mol. The van der Waals surface area contributed by atoms with Crippen molar-refractivity contribution in [3.8, 4) is 11.3 Å². The summed E-state index contributed by atoms with van der Waals surface area (Å²) in [5.74, 6) is -1.52. The Labute approximate surface area is 96.5 Å². The fourth-order valence-electron chi connectivity index (χ4n) is 1.44. The number of nitrogens with two attached hydrogens (primary N) is 1. The third-order valence-corrected chi connectivity index (χ3v) is 2.30. The summed E-state index contributed by atoms with van der Waals surface area (Å²) in [5, 5.41) is 8.79. The first-order valence-corrected chi connectivity index (χ1v) is 4.83. The second kappa shape index (κ2) is 4.21. The van der Waals surface area contributed by atoms with E-state index in [9.17, 15) is 9.18 Å². The lowest BCUT2D eigenvalue weighted by Gasteiger charge is -2.04. The number of carbonyl (C=O) groups is 1. The highest BCUT2D eigenvalue weighted by molar-refractivity contribution is 5.93. The molecule has 17 heavy (non-hydrogen) atoms. The lowest BCUT2D eigenvalue weighted by Crippen LogP contribution is -2.04. The summed E-state index contributed by atoms with van der Waals surface area (Å²) in [6.07, 6.45) is 0. The summed E-state index contributed by atoms with van der Waals surface area (Å²) in [5.41, 5.74) is 6.66. The normalized spacial score (nSPS) is 10.2. The standard InChI is InChI=1S/C12H9FN2O2/c13-8-3-1-7(2-4-8)10-6-5-9(12(16)17)11(14)15-10/h1-6H,(H2,14,15)(H,16,17). The van der Waals surface area contributed by atoms with Crippen LogP contribution in [0.1, 0.15) is 10.4 Å². The third-order valence-electron chi connectivity index (χ3n) is 2.30. The van der Waals surface area contributed by atoms with Gasteiger partial charge in [0.15, 0.2) is 0 Å². The Kier molecular flexibility index (Phi) is 2.74. The maximum absolute atomic E-state index is 12.7. The van der Waals surface area contributed by atoms with Gasteiger partial charge in [-0.25, -0.2) is 14.2 Å². The molecule has 2 aromatic rings. The molecule has 0 amide bonds. The number of nitrogen functional groups attached to an aromatic ring is 1. The number of anilines is 1. The van der Waals surface area contributed by atoms with Gasteiger partial charge in [0.1, 0.15) is 17.2 Å². The van der Waals surface area contributed by atoms with E-state index in [0.29, 0.717) is 11.3 Å². The van der Waals surface area contributed by atoms with Crippen LogP contribution in [-0.4, -0.2) is 16.1 Å². The van der Waals surface area contributed by atoms with Crippen molar-refractivity contribution >= 4 is 11.8 Å². The largest absolute Gasteiger partial charge is 0.478 e. The zero-order valence-electron chi connectivity index (χ0n) is 8.72. The van der Waals surface area contributed by atoms with Gasteiger partial charge in [-0.15, -0.1) is 0 Å². The minimum atomic E-state index is -1.12. The molecule has 0 spiro atoms. The molecule has 0 aliphatic carbocycles. The first-order valence-electron chi connectivity index (χ1n) is 4.83. The van der Waals surface area contributed by atoms with E-state index in [1.54, 1.807) is 12.1 Å². The van der Waals surface area contributed by atoms with Crippen LogP contribution in [0.25, 0.3) is 11.3 Å². The number of carboxylic acids is 1. The van der Waals surface area contributed by atoms with Gasteiger partial charge >= 0.3 is 5.97 Å². The summed E-state index contributed by atoms with van der Waals surface area (Å²) in [4.78, 5) is 14.7. The number of hydrogen-bond donors (Lipinski definition) is 2. The molecule has 1 heterocycles. The van der Waals surface area contributed by atoms with Crippen molar-refractivity contribution in [2.75, 3.05) is 5.73 Å². The molecular weight excluding hydrogens is 223 g/mol. The second-order valence-electron chi connectivity index (χ2n) is 3.44. The highest BCUT2D eigenvalue weighted by Gasteiger charge is 2.10. The molecule has 3 N–H and O–H groups in total. The number of halogens is 1. The van der Waals surface area contributed by atoms with Crippen molar-refractivity contribution in [2.24, 2.45) is 0 Å². The van der Waals surface area contributed by atoms with Crippen molar-refractivity contribution in [1.29, 1.82) is 0 Å². The number of carboxylic acid groups (broad SMARTS) is 1. The first kappa shape index (κ1) is 11.1. The van der Waals surface area contributed by atoms with Crippen molar-refractivity contribution in [1.82, 2.24) is 4.98 Å². The fraction of sp³-hybridized carbons (Fsp3) is 0. The molecule has 4 nitrogen and oxygen atoms in total. The molecule has 0 fully saturated rings. The predicted molar refractivity (Wildman–Crippen MR) is 61.0 cm³/mol. The lowest BCUT2D eigenvalue weighted by atomic mass is 10.1. The lowest BCUT2D eigenvalue weighted by molar-refractivity contribution is 0.0697. The van der Waals surface area contributed by atoms with Crippen LogP contribution in [0.15, 0.2) is 36.4 Å². The van der Waals surface area contributed by atoms with Crippen LogP contribution in [0.4, 0.5) is 10.2 Å². The molecule has 0 aliphatic rings. The van der Waals surface area contributed by atoms with Gasteiger partial charge in [0.25, 0.3) is 0 Å². The highest BCUT2D eigenvalue weighted by Crippen LogP contribution is 2.20. The Bertz CT molecular complexity index is 567. The summed E-state index contributed by atoms with van der Waals surface area (Å²) < 4.78 is 12.7. The Morgan fingerprint density at radius 2 is 1.82 bits per heavy atom. The number of benzene rings is 1. The van der Waals surface area contributed by atoms with Gasteiger partial charge in [-0.1, -0.05) is 0 Å². The van der Waals surface area contributed by atoms with Gasteiger partial charge in [-0.05, 0) is 36.4 Å². The van der Waals surface area contributed by atoms with E-state index in [0.717, 1.165) is 0 Å². The van der Waals surface area contributed by atoms with Crippen LogP contribution in [0.3, 0.4) is 0 Å². The summed E-state index contributed by atoms with van der Waals surface area (Å²) in [6, 6.07) is 8.63. The minimum Gasteiger partial charge on any atom is -0.478 e. The van der Waals surface area contributed by atoms with Crippen molar-refractivity contribution in [3.63, 3.8) is 0 Å². The Morgan fingerprint density at radius 3 is 2.35 bits per heavy atom. The molecule has 0 saturated carbocycles. The minimum absolute atomic E-state index is 0.0455. The van der Waals surface area contributed by atoms with E-state index in [-0.39, 0.29) is 17.2 Å². The number of rotatable bonds is 2. The molecule has 86 valence electrons. The van der Waals surface area contributed by atoms with E-state index in [4.69, 9.17) is 10.8 Å². The quantitative estimate of drug-likeness (QED) is 0.831. The number of pyridine rings is 1. The molecule has 0 atom stereocenters. The van der Waals surface area contributed by atoms with E-state index in [2.05, 4.69) is 4.98 Å². The molecule has 0 saturated heterocycles. The van der Waals surface area contributed by atoms with E-state index >= 15 is 0 Å². The van der Waals surface area contributed by atoms with Crippen molar-refractivity contribution in [2.45, 2.75) is 0 Å². The first-order chi connectivity index (χ1) is 8.08. The topological polar surface area (TPSA) is 76.2 Å². The molecule has 1 aromatic heterocycles. The molecule has 1 aromatic carbocycles. The molecule has 0 bridgehead atoms. The molecule has 0 radical (unpaired) electrons. The van der Waals surface area contributed by atoms with Gasteiger partial charge in [-0.3, -0.25) is 0 Å². The monoisotopic (exact) mass is 232 g/mol. The van der Waals surface area contributed by atoms with Gasteiger partial charge < -0.3 is 10.8 Å². The van der Waals surface area contributed by atoms with Crippen LogP contribution < -0.4 is 5.73 Å². The van der Waals surface area contributed by atoms with Gasteiger partial charge in [0, 0.05) is 5.56 Å².